The molecule has 5 nitrogen and oxygen atoms in total. The molecule has 2 N–H and O–H groups in total. The second-order valence-electron chi connectivity index (χ2n) is 7.03. The quantitative estimate of drug-likeness (QED) is 0.164. The number of hydrogen-bond acceptors (Lipinski definition) is 4. The van der Waals surface area contributed by atoms with E-state index in [4.69, 9.17) is 14.5 Å². The van der Waals surface area contributed by atoms with Crippen LogP contribution in [0.1, 0.15) is 36.8 Å². The lowest BCUT2D eigenvalue weighted by Crippen LogP contribution is -2.39. The van der Waals surface area contributed by atoms with E-state index < -0.39 is 0 Å². The van der Waals surface area contributed by atoms with Gasteiger partial charge in [-0.3, -0.25) is 0 Å². The zero-order valence-electron chi connectivity index (χ0n) is 18.4. The molecule has 7 heteroatoms. The van der Waals surface area contributed by atoms with Crippen LogP contribution in [0.2, 0.25) is 0 Å². The first-order valence-electron chi connectivity index (χ1n) is 10.5. The zero-order chi connectivity index (χ0) is 20.7. The lowest BCUT2D eigenvalue weighted by atomic mass is 10.1. The maximum absolute atomic E-state index is 5.66. The van der Waals surface area contributed by atoms with Crippen LogP contribution in [0.4, 0.5) is 0 Å². The van der Waals surface area contributed by atoms with Gasteiger partial charge >= 0.3 is 0 Å². The number of aliphatic imine (C=N–C) groups is 1. The Labute approximate surface area is 202 Å². The van der Waals surface area contributed by atoms with E-state index in [1.54, 1.807) is 0 Å². The first kappa shape index (κ1) is 26.9. The molecule has 1 unspecified atom stereocenters. The standard InChI is InChI=1S/C23H35N3O2S.HI/c1-4-24-23(25-16-19(3)14-22-10-7-13-29-22)26-17-20-8-6-9-21(15-20)18-28-12-11-27-5-2;/h6-10,13,15,19H,4-5,11-12,14,16-18H2,1-3H3,(H2,24,25,26);1H. The third kappa shape index (κ3) is 11.3. The summed E-state index contributed by atoms with van der Waals surface area (Å²) in [6.45, 7) is 11.3. The molecule has 1 atom stereocenters. The summed E-state index contributed by atoms with van der Waals surface area (Å²) in [5, 5.41) is 8.95. The summed E-state index contributed by atoms with van der Waals surface area (Å²) in [6.07, 6.45) is 1.09. The molecule has 1 aromatic carbocycles. The van der Waals surface area contributed by atoms with Crippen LogP contribution in [0.5, 0.6) is 0 Å². The molecule has 0 radical (unpaired) electrons. The molecule has 30 heavy (non-hydrogen) atoms. The third-order valence-electron chi connectivity index (χ3n) is 4.35. The smallest absolute Gasteiger partial charge is 0.191 e. The fourth-order valence-corrected chi connectivity index (χ4v) is 3.77. The third-order valence-corrected chi connectivity index (χ3v) is 5.25. The van der Waals surface area contributed by atoms with Gasteiger partial charge in [-0.05, 0) is 48.8 Å². The number of halogens is 1. The molecular weight excluding hydrogens is 509 g/mol. The molecule has 1 heterocycles. The van der Waals surface area contributed by atoms with Crippen molar-refractivity contribution >= 4 is 41.3 Å². The van der Waals surface area contributed by atoms with Crippen LogP contribution in [0.15, 0.2) is 46.8 Å². The molecule has 0 aliphatic carbocycles. The first-order valence-corrected chi connectivity index (χ1v) is 11.4. The summed E-state index contributed by atoms with van der Waals surface area (Å²) in [5.41, 5.74) is 2.34. The van der Waals surface area contributed by atoms with Gasteiger partial charge < -0.3 is 20.1 Å². The number of hydrogen-bond donors (Lipinski definition) is 2. The van der Waals surface area contributed by atoms with Crippen molar-refractivity contribution in [1.29, 1.82) is 0 Å². The second-order valence-corrected chi connectivity index (χ2v) is 8.07. The maximum Gasteiger partial charge on any atom is 0.191 e. The van der Waals surface area contributed by atoms with E-state index in [0.29, 0.717) is 32.3 Å². The van der Waals surface area contributed by atoms with Gasteiger partial charge in [-0.1, -0.05) is 37.3 Å². The lowest BCUT2D eigenvalue weighted by Gasteiger charge is -2.15. The van der Waals surface area contributed by atoms with Crippen LogP contribution >= 0.6 is 35.3 Å². The highest BCUT2D eigenvalue weighted by Crippen LogP contribution is 2.14. The van der Waals surface area contributed by atoms with E-state index in [2.05, 4.69) is 66.3 Å². The van der Waals surface area contributed by atoms with Crippen LogP contribution in [-0.2, 0) is 29.0 Å². The molecule has 0 spiro atoms. The van der Waals surface area contributed by atoms with Gasteiger partial charge in [0, 0.05) is 24.6 Å². The highest BCUT2D eigenvalue weighted by atomic mass is 127. The van der Waals surface area contributed by atoms with Crippen molar-refractivity contribution in [3.63, 3.8) is 0 Å². The van der Waals surface area contributed by atoms with Crippen LogP contribution in [0.25, 0.3) is 0 Å². The van der Waals surface area contributed by atoms with Gasteiger partial charge in [-0.25, -0.2) is 4.99 Å². The molecule has 2 rings (SSSR count). The van der Waals surface area contributed by atoms with Crippen LogP contribution in [0, 0.1) is 5.92 Å². The Morgan fingerprint density at radius 1 is 1.07 bits per heavy atom. The highest BCUT2D eigenvalue weighted by Gasteiger charge is 2.06. The van der Waals surface area contributed by atoms with E-state index in [1.165, 1.54) is 10.4 Å². The molecule has 0 aliphatic heterocycles. The fraction of sp³-hybridized carbons (Fsp3) is 0.522. The molecule has 0 amide bonds. The topological polar surface area (TPSA) is 54.9 Å². The summed E-state index contributed by atoms with van der Waals surface area (Å²) >= 11 is 1.82. The van der Waals surface area contributed by atoms with Gasteiger partial charge in [-0.2, -0.15) is 0 Å². The molecule has 0 fully saturated rings. The van der Waals surface area contributed by atoms with Gasteiger partial charge in [0.2, 0.25) is 0 Å². The van der Waals surface area contributed by atoms with Crippen LogP contribution in [-0.4, -0.2) is 38.9 Å². The Morgan fingerprint density at radius 3 is 2.60 bits per heavy atom. The monoisotopic (exact) mass is 545 g/mol. The maximum atomic E-state index is 5.66. The SMILES string of the molecule is CCNC(=NCc1cccc(COCCOCC)c1)NCC(C)Cc1cccs1.I. The van der Waals surface area contributed by atoms with E-state index in [0.717, 1.165) is 37.6 Å². The summed E-state index contributed by atoms with van der Waals surface area (Å²) in [4.78, 5) is 6.18. The predicted molar refractivity (Wildman–Crippen MR) is 138 cm³/mol. The Kier molecular flexibility index (Phi) is 14.8. The fourth-order valence-electron chi connectivity index (χ4n) is 2.90. The minimum Gasteiger partial charge on any atom is -0.379 e. The Morgan fingerprint density at radius 2 is 1.87 bits per heavy atom. The minimum absolute atomic E-state index is 0. The van der Waals surface area contributed by atoms with E-state index in [-0.39, 0.29) is 24.0 Å². The highest BCUT2D eigenvalue weighted by molar-refractivity contribution is 14.0. The van der Waals surface area contributed by atoms with Gasteiger partial charge in [0.1, 0.15) is 0 Å². The number of thiophene rings is 1. The molecule has 1 aromatic heterocycles. The number of nitrogens with zero attached hydrogens (tertiary/aromatic N) is 1. The average Bonchev–Trinajstić information content (AvgIpc) is 3.23. The van der Waals surface area contributed by atoms with Crippen molar-refractivity contribution in [3.05, 3.63) is 57.8 Å². The molecule has 0 bridgehead atoms. The molecule has 0 aliphatic rings. The summed E-state index contributed by atoms with van der Waals surface area (Å²) < 4.78 is 11.0. The molecule has 0 saturated heterocycles. The largest absolute Gasteiger partial charge is 0.379 e. The molecule has 0 saturated carbocycles. The first-order chi connectivity index (χ1) is 14.2. The number of benzene rings is 1. The van der Waals surface area contributed by atoms with Crippen molar-refractivity contribution in [2.75, 3.05) is 32.9 Å². The average molecular weight is 546 g/mol. The molecule has 168 valence electrons. The van der Waals surface area contributed by atoms with Crippen LogP contribution in [0.3, 0.4) is 0 Å². The van der Waals surface area contributed by atoms with Crippen molar-refractivity contribution in [2.24, 2.45) is 10.9 Å². The van der Waals surface area contributed by atoms with Crippen molar-refractivity contribution < 1.29 is 9.47 Å². The summed E-state index contributed by atoms with van der Waals surface area (Å²) in [5.74, 6) is 1.42. The summed E-state index contributed by atoms with van der Waals surface area (Å²) in [6, 6.07) is 12.7. The normalized spacial score (nSPS) is 12.3. The van der Waals surface area contributed by atoms with Crippen molar-refractivity contribution in [1.82, 2.24) is 10.6 Å². The zero-order valence-corrected chi connectivity index (χ0v) is 21.5. The number of rotatable bonds is 13. The number of guanidine groups is 1. The molecular formula is C23H36IN3O2S. The second kappa shape index (κ2) is 16.5. The predicted octanol–water partition coefficient (Wildman–Crippen LogP) is 4.85. The van der Waals surface area contributed by atoms with Gasteiger partial charge in [0.15, 0.2) is 5.96 Å². The van der Waals surface area contributed by atoms with Gasteiger partial charge in [0.05, 0.1) is 26.4 Å². The van der Waals surface area contributed by atoms with E-state index in [9.17, 15) is 0 Å². The van der Waals surface area contributed by atoms with Crippen molar-refractivity contribution in [3.8, 4) is 0 Å². The lowest BCUT2D eigenvalue weighted by molar-refractivity contribution is 0.0453. The summed E-state index contributed by atoms with van der Waals surface area (Å²) in [7, 11) is 0. The minimum atomic E-state index is 0. The number of nitrogens with one attached hydrogen (secondary N) is 2. The molecule has 2 aromatic rings. The Hall–Kier alpha value is -1.16. The number of ether oxygens (including phenoxy) is 2. The Bertz CT molecular complexity index is 710. The van der Waals surface area contributed by atoms with E-state index >= 15 is 0 Å². The Balaban J connectivity index is 0.00000450. The van der Waals surface area contributed by atoms with Crippen LogP contribution < -0.4 is 10.6 Å². The van der Waals surface area contributed by atoms with Crippen molar-refractivity contribution in [2.45, 2.75) is 40.3 Å². The van der Waals surface area contributed by atoms with Gasteiger partial charge in [0.25, 0.3) is 0 Å². The van der Waals surface area contributed by atoms with E-state index in [1.807, 2.05) is 18.3 Å². The van der Waals surface area contributed by atoms with Gasteiger partial charge in [-0.15, -0.1) is 35.3 Å².